The van der Waals surface area contributed by atoms with E-state index in [2.05, 4.69) is 49.5 Å². The Labute approximate surface area is 112 Å². The first-order valence-electron chi connectivity index (χ1n) is 6.15. The minimum absolute atomic E-state index is 1.05. The lowest BCUT2D eigenvalue weighted by Gasteiger charge is -1.99. The number of hydrogen-bond acceptors (Lipinski definition) is 1. The van der Waals surface area contributed by atoms with Gasteiger partial charge >= 0.3 is 0 Å². The second kappa shape index (κ2) is 15.0. The van der Waals surface area contributed by atoms with Crippen molar-refractivity contribution in [2.24, 2.45) is 0 Å². The number of allylic oxidation sites excluding steroid dienone is 8. The van der Waals surface area contributed by atoms with Crippen molar-refractivity contribution < 1.29 is 0 Å². The van der Waals surface area contributed by atoms with Crippen LogP contribution in [-0.4, -0.2) is 6.26 Å². The normalized spacial score (nSPS) is 12.8. The van der Waals surface area contributed by atoms with E-state index in [9.17, 15) is 0 Å². The SMILES string of the molecule is C=CC(/C=C\C)=C(C=CSC)\C=C/CC.CC. The molecule has 0 aromatic carbocycles. The summed E-state index contributed by atoms with van der Waals surface area (Å²) in [5.74, 6) is 0. The van der Waals surface area contributed by atoms with Crippen LogP contribution in [0.15, 0.2) is 59.6 Å². The molecule has 0 aliphatic rings. The molecule has 0 aromatic heterocycles. The predicted molar refractivity (Wildman–Crippen MR) is 85.5 cm³/mol. The highest BCUT2D eigenvalue weighted by atomic mass is 32.2. The molecule has 0 saturated carbocycles. The van der Waals surface area contributed by atoms with E-state index in [1.165, 1.54) is 5.57 Å². The van der Waals surface area contributed by atoms with Gasteiger partial charge < -0.3 is 0 Å². The molecule has 1 heteroatoms. The topological polar surface area (TPSA) is 0 Å². The molecule has 0 heterocycles. The minimum atomic E-state index is 1.05. The van der Waals surface area contributed by atoms with Gasteiger partial charge in [-0.2, -0.15) is 0 Å². The Morgan fingerprint density at radius 2 is 1.76 bits per heavy atom. The van der Waals surface area contributed by atoms with Crippen LogP contribution in [0.2, 0.25) is 0 Å². The van der Waals surface area contributed by atoms with Crippen LogP contribution in [0.25, 0.3) is 0 Å². The molecule has 17 heavy (non-hydrogen) atoms. The molecule has 0 unspecified atom stereocenters. The van der Waals surface area contributed by atoms with Gasteiger partial charge in [-0.3, -0.25) is 0 Å². The Bertz CT molecular complexity index is 275. The van der Waals surface area contributed by atoms with E-state index in [-0.39, 0.29) is 0 Å². The summed E-state index contributed by atoms with van der Waals surface area (Å²) in [7, 11) is 0. The summed E-state index contributed by atoms with van der Waals surface area (Å²) >= 11 is 1.70. The zero-order chi connectivity index (χ0) is 13.5. The fourth-order valence-corrected chi connectivity index (χ4v) is 1.38. The van der Waals surface area contributed by atoms with Gasteiger partial charge in [0.1, 0.15) is 0 Å². The lowest BCUT2D eigenvalue weighted by atomic mass is 10.1. The van der Waals surface area contributed by atoms with E-state index >= 15 is 0 Å². The fraction of sp³-hybridized carbons (Fsp3) is 0.375. The van der Waals surface area contributed by atoms with Crippen molar-refractivity contribution in [3.63, 3.8) is 0 Å². The van der Waals surface area contributed by atoms with Gasteiger partial charge in [-0.15, -0.1) is 11.8 Å². The molecule has 0 aliphatic carbocycles. The molecule has 0 fully saturated rings. The van der Waals surface area contributed by atoms with Crippen LogP contribution in [0.4, 0.5) is 0 Å². The van der Waals surface area contributed by atoms with E-state index in [4.69, 9.17) is 0 Å². The Morgan fingerprint density at radius 1 is 1.12 bits per heavy atom. The zero-order valence-electron chi connectivity index (χ0n) is 11.9. The average Bonchev–Trinajstić information content (AvgIpc) is 2.39. The number of rotatable bonds is 6. The zero-order valence-corrected chi connectivity index (χ0v) is 12.7. The molecule has 0 amide bonds. The summed E-state index contributed by atoms with van der Waals surface area (Å²) in [4.78, 5) is 0. The van der Waals surface area contributed by atoms with Gasteiger partial charge in [0.2, 0.25) is 0 Å². The molecule has 0 radical (unpaired) electrons. The van der Waals surface area contributed by atoms with Crippen molar-refractivity contribution in [1.82, 2.24) is 0 Å². The van der Waals surface area contributed by atoms with Crippen molar-refractivity contribution in [2.45, 2.75) is 34.1 Å². The fourth-order valence-electron chi connectivity index (χ4n) is 1.10. The van der Waals surface area contributed by atoms with Crippen LogP contribution in [0, 0.1) is 0 Å². The Hall–Kier alpha value is -0.950. The Kier molecular flexibility index (Phi) is 16.3. The lowest BCUT2D eigenvalue weighted by molar-refractivity contribution is 1.22. The molecule has 0 spiro atoms. The Balaban J connectivity index is 0. The molecular weight excluding hydrogens is 224 g/mol. The van der Waals surface area contributed by atoms with E-state index in [1.54, 1.807) is 11.8 Å². The van der Waals surface area contributed by atoms with Gasteiger partial charge in [0.15, 0.2) is 0 Å². The molecule has 0 rings (SSSR count). The van der Waals surface area contributed by atoms with Gasteiger partial charge in [0.25, 0.3) is 0 Å². The lowest BCUT2D eigenvalue weighted by Crippen LogP contribution is -1.79. The van der Waals surface area contributed by atoms with E-state index in [1.807, 2.05) is 32.9 Å². The maximum atomic E-state index is 3.83. The van der Waals surface area contributed by atoms with Crippen molar-refractivity contribution in [3.05, 3.63) is 59.6 Å². The highest BCUT2D eigenvalue weighted by Gasteiger charge is 1.92. The van der Waals surface area contributed by atoms with Crippen LogP contribution in [-0.2, 0) is 0 Å². The van der Waals surface area contributed by atoms with Gasteiger partial charge in [-0.1, -0.05) is 57.7 Å². The van der Waals surface area contributed by atoms with Crippen LogP contribution >= 0.6 is 11.8 Å². The molecule has 96 valence electrons. The average molecular weight is 250 g/mol. The van der Waals surface area contributed by atoms with Gasteiger partial charge in [-0.25, -0.2) is 0 Å². The maximum Gasteiger partial charge on any atom is -0.0142 e. The summed E-state index contributed by atoms with van der Waals surface area (Å²) < 4.78 is 0. The van der Waals surface area contributed by atoms with E-state index < -0.39 is 0 Å². The highest BCUT2D eigenvalue weighted by Crippen LogP contribution is 2.13. The van der Waals surface area contributed by atoms with Crippen LogP contribution in [0.1, 0.15) is 34.1 Å². The number of hydrogen-bond donors (Lipinski definition) is 0. The summed E-state index contributed by atoms with van der Waals surface area (Å²) in [5, 5.41) is 2.09. The molecule has 0 bridgehead atoms. The minimum Gasteiger partial charge on any atom is -0.138 e. The second-order valence-corrected chi connectivity index (χ2v) is 3.71. The first-order valence-corrected chi connectivity index (χ1v) is 7.44. The summed E-state index contributed by atoms with van der Waals surface area (Å²) in [6.07, 6.45) is 15.5. The second-order valence-electron chi connectivity index (χ2n) is 2.96. The summed E-state index contributed by atoms with van der Waals surface area (Å²) in [6, 6.07) is 0. The molecule has 0 aromatic rings. The third-order valence-electron chi connectivity index (χ3n) is 1.82. The molecule has 0 atom stereocenters. The van der Waals surface area contributed by atoms with Crippen molar-refractivity contribution >= 4 is 11.8 Å². The third-order valence-corrected chi connectivity index (χ3v) is 2.22. The van der Waals surface area contributed by atoms with Gasteiger partial charge in [0, 0.05) is 0 Å². The quantitative estimate of drug-likeness (QED) is 0.528. The predicted octanol–water partition coefficient (Wildman–Crippen LogP) is 5.91. The maximum absolute atomic E-state index is 3.83. The first kappa shape index (κ1) is 18.4. The molecule has 0 N–H and O–H groups in total. The highest BCUT2D eigenvalue weighted by molar-refractivity contribution is 8.01. The smallest absolute Gasteiger partial charge is 0.0142 e. The standard InChI is InChI=1S/C14H20S.C2H6/c1-5-8-10-14(11-12-15-4)13(7-3)9-6-2;1-2/h6-12H,3,5H2,1-2,4H3;1-2H3/b9-6-,10-8-,12-11?,14-13-;. The third kappa shape index (κ3) is 9.95. The van der Waals surface area contributed by atoms with Gasteiger partial charge in [-0.05, 0) is 42.2 Å². The largest absolute Gasteiger partial charge is 0.138 e. The van der Waals surface area contributed by atoms with Crippen molar-refractivity contribution in [1.29, 1.82) is 0 Å². The summed E-state index contributed by atoms with van der Waals surface area (Å²) in [5.41, 5.74) is 2.37. The molecular formula is C16H26S. The summed E-state index contributed by atoms with van der Waals surface area (Å²) in [6.45, 7) is 12.0. The van der Waals surface area contributed by atoms with Crippen LogP contribution < -0.4 is 0 Å². The van der Waals surface area contributed by atoms with Crippen LogP contribution in [0.5, 0.6) is 0 Å². The number of thioether (sulfide) groups is 1. The monoisotopic (exact) mass is 250 g/mol. The van der Waals surface area contributed by atoms with Crippen molar-refractivity contribution in [2.75, 3.05) is 6.26 Å². The Morgan fingerprint density at radius 3 is 2.18 bits per heavy atom. The molecule has 0 saturated heterocycles. The van der Waals surface area contributed by atoms with E-state index in [0.717, 1.165) is 12.0 Å². The first-order chi connectivity index (χ1) is 8.29. The van der Waals surface area contributed by atoms with Crippen molar-refractivity contribution in [3.8, 4) is 0 Å². The van der Waals surface area contributed by atoms with Crippen LogP contribution in [0.3, 0.4) is 0 Å². The van der Waals surface area contributed by atoms with E-state index in [0.29, 0.717) is 0 Å². The molecule has 0 aliphatic heterocycles. The molecule has 0 nitrogen and oxygen atoms in total. The van der Waals surface area contributed by atoms with Gasteiger partial charge in [0.05, 0.1) is 0 Å².